The summed E-state index contributed by atoms with van der Waals surface area (Å²) in [5.41, 5.74) is 0. The minimum atomic E-state index is -0.102. The summed E-state index contributed by atoms with van der Waals surface area (Å²) in [5.74, 6) is 0. The number of rotatable bonds is 4. The molecular formula is H28Si13. The molecule has 13 heteroatoms. The summed E-state index contributed by atoms with van der Waals surface area (Å²) in [4.78, 5) is 0. The maximum Gasteiger partial charge on any atom is -0.00566 e. The Hall–Kier alpha value is 2.82. The van der Waals surface area contributed by atoms with Gasteiger partial charge in [-0.3, -0.25) is 0 Å². The zero-order valence-corrected chi connectivity index (χ0v) is 32.7. The van der Waals surface area contributed by atoms with Gasteiger partial charge in [-0.05, 0) is 114 Å². The molecule has 0 unspecified atom stereocenters. The van der Waals surface area contributed by atoms with E-state index in [0.29, 0.717) is 0 Å². The third-order valence-corrected chi connectivity index (χ3v) is 163. The van der Waals surface area contributed by atoms with Crippen LogP contribution in [0, 0.1) is 0 Å². The van der Waals surface area contributed by atoms with E-state index in [4.69, 9.17) is 0 Å². The van der Waals surface area contributed by atoms with Gasteiger partial charge in [0.2, 0.25) is 0 Å². The van der Waals surface area contributed by atoms with Gasteiger partial charge >= 0.3 is 0 Å². The van der Waals surface area contributed by atoms with E-state index in [1.807, 2.05) is 19.5 Å². The summed E-state index contributed by atoms with van der Waals surface area (Å²) in [6.45, 7) is 0. The van der Waals surface area contributed by atoms with E-state index in [1.165, 1.54) is 0 Å². The molecule has 0 amide bonds. The van der Waals surface area contributed by atoms with E-state index >= 15 is 0 Å². The lowest BCUT2D eigenvalue weighted by molar-refractivity contribution is 3.43. The van der Waals surface area contributed by atoms with Crippen LogP contribution in [0.4, 0.5) is 0 Å². The van der Waals surface area contributed by atoms with Gasteiger partial charge in [-0.25, -0.2) is 0 Å². The van der Waals surface area contributed by atoms with Crippen molar-refractivity contribution in [2.45, 2.75) is 0 Å². The van der Waals surface area contributed by atoms with Gasteiger partial charge in [0.05, 0.1) is 0 Å². The van der Waals surface area contributed by atoms with E-state index in [2.05, 4.69) is 0 Å². The maximum absolute atomic E-state index is 1.84. The van der Waals surface area contributed by atoms with Crippen LogP contribution in [0.5, 0.6) is 0 Å². The van der Waals surface area contributed by atoms with Crippen molar-refractivity contribution in [3.05, 3.63) is 0 Å². The third kappa shape index (κ3) is 11.1. The zero-order valence-electron chi connectivity index (χ0n) is 10.9. The van der Waals surface area contributed by atoms with E-state index in [0.717, 1.165) is 17.1 Å². The molecule has 0 N–H and O–H groups in total. The predicted molar refractivity (Wildman–Crippen MR) is 114 cm³/mol. The van der Waals surface area contributed by atoms with Crippen molar-refractivity contribution in [2.75, 3.05) is 0 Å². The molecule has 80 valence electrons. The highest BCUT2D eigenvalue weighted by molar-refractivity contribution is 8.09. The summed E-state index contributed by atoms with van der Waals surface area (Å²) >= 11 is 0. The van der Waals surface area contributed by atoms with Crippen molar-refractivity contribution < 1.29 is 0 Å². The molecule has 0 nitrogen and oxygen atoms in total. The second-order valence-electron chi connectivity index (χ2n) is 7.64. The molecule has 0 spiro atoms. The fourth-order valence-corrected chi connectivity index (χ4v) is 713. The van der Waals surface area contributed by atoms with Crippen molar-refractivity contribution in [1.82, 2.24) is 0 Å². The van der Waals surface area contributed by atoms with Gasteiger partial charge in [0.15, 0.2) is 0 Å². The molecule has 0 aliphatic heterocycles. The smallest absolute Gasteiger partial charge is 0.00566 e. The summed E-state index contributed by atoms with van der Waals surface area (Å²) < 4.78 is 0. The third-order valence-electron chi connectivity index (χ3n) is 2.02. The zero-order chi connectivity index (χ0) is 10.9. The number of hydrogen-bond acceptors (Lipinski definition) is 0. The number of hydrogen-bond donors (Lipinski definition) is 0. The summed E-state index contributed by atoms with van der Waals surface area (Å²) in [6, 6.07) is 0. The molecule has 0 aromatic rings. The highest BCUT2D eigenvalue weighted by Crippen LogP contribution is 1.95. The largest absolute Gasteiger partial charge is 0.0110 e. The Labute approximate surface area is 112 Å². The van der Waals surface area contributed by atoms with Gasteiger partial charge in [0.1, 0.15) is 0 Å². The minimum absolute atomic E-state index is 0.0868. The Morgan fingerprint density at radius 1 is 0.538 bits per heavy atom. The van der Waals surface area contributed by atoms with Crippen molar-refractivity contribution in [1.29, 1.82) is 0 Å². The Balaban J connectivity index is 4.25. The second kappa shape index (κ2) is 5.44. The second-order valence-corrected chi connectivity index (χ2v) is 206. The fourth-order valence-electron chi connectivity index (χ4n) is 2.93. The molecule has 0 aromatic heterocycles. The first kappa shape index (κ1) is 15.8. The average molecular weight is 393 g/mol. The quantitative estimate of drug-likeness (QED) is 0.417. The van der Waals surface area contributed by atoms with Gasteiger partial charge in [0, 0.05) is 0 Å². The lowest BCUT2D eigenvalue weighted by Crippen LogP contribution is -2.71. The van der Waals surface area contributed by atoms with Gasteiger partial charge < -0.3 is 0 Å². The van der Waals surface area contributed by atoms with Crippen LogP contribution >= 0.6 is 0 Å². The highest BCUT2D eigenvalue weighted by Gasteiger charge is 2.33. The Morgan fingerprint density at radius 3 is 0.923 bits per heavy atom. The van der Waals surface area contributed by atoms with Gasteiger partial charge in [-0.2, -0.15) is 0 Å². The first-order valence-electron chi connectivity index (χ1n) is 5.41. The molecule has 0 saturated carbocycles. The summed E-state index contributed by atoms with van der Waals surface area (Å²) in [5, 5.41) is 0. The fraction of sp³-hybridized carbons (Fsp3) is 0. The van der Waals surface area contributed by atoms with Crippen molar-refractivity contribution >= 4 is 114 Å². The summed E-state index contributed by atoms with van der Waals surface area (Å²) in [6.07, 6.45) is -0.292. The van der Waals surface area contributed by atoms with Crippen LogP contribution in [-0.4, -0.2) is 114 Å². The molecule has 0 rings (SSSR count). The highest BCUT2D eigenvalue weighted by atomic mass is 30.4. The molecular weight excluding hydrogens is 365 g/mol. The average Bonchev–Trinajstić information content (AvgIpc) is 1.43. The Bertz CT molecular complexity index is 132. The lowest BCUT2D eigenvalue weighted by Gasteiger charge is -2.33. The maximum atomic E-state index is 1.84. The molecule has 0 radical (unpaired) electrons. The normalized spacial score (nSPS) is 29.5. The van der Waals surface area contributed by atoms with Crippen molar-refractivity contribution in [3.63, 3.8) is 0 Å². The lowest BCUT2D eigenvalue weighted by atomic mass is 25.8. The first-order chi connectivity index (χ1) is 5.41. The molecule has 0 heterocycles. The Morgan fingerprint density at radius 2 is 0.769 bits per heavy atom. The predicted octanol–water partition coefficient (Wildman–Crippen LogP) is -12.4. The van der Waals surface area contributed by atoms with E-state index in [9.17, 15) is 0 Å². The van der Waals surface area contributed by atoms with Crippen LogP contribution in [0.2, 0.25) is 0 Å². The van der Waals surface area contributed by atoms with E-state index in [-0.39, 0.29) is 18.4 Å². The van der Waals surface area contributed by atoms with Crippen LogP contribution in [-0.2, 0) is 0 Å². The van der Waals surface area contributed by atoms with E-state index in [1.54, 1.807) is 58.6 Å². The Kier molecular flexibility index (Phi) is 6.61. The van der Waals surface area contributed by atoms with Gasteiger partial charge in [0.25, 0.3) is 0 Å². The summed E-state index contributed by atoms with van der Waals surface area (Å²) in [7, 11) is 15.8. The monoisotopic (exact) mass is 392 g/mol. The molecule has 0 fully saturated rings. The molecule has 13 heavy (non-hydrogen) atoms. The van der Waals surface area contributed by atoms with Crippen molar-refractivity contribution in [3.8, 4) is 0 Å². The van der Waals surface area contributed by atoms with E-state index < -0.39 is 0 Å². The van der Waals surface area contributed by atoms with Crippen LogP contribution in [0.3, 0.4) is 0 Å². The van der Waals surface area contributed by atoms with Crippen LogP contribution < -0.4 is 0 Å². The molecule has 0 atom stereocenters. The molecule has 0 aromatic carbocycles. The van der Waals surface area contributed by atoms with Crippen LogP contribution in [0.1, 0.15) is 0 Å². The van der Waals surface area contributed by atoms with Crippen LogP contribution in [0.15, 0.2) is 0 Å². The van der Waals surface area contributed by atoms with Gasteiger partial charge in [-0.15, -0.1) is 0 Å². The minimum Gasteiger partial charge on any atom is -0.0110 e. The van der Waals surface area contributed by atoms with Crippen molar-refractivity contribution in [2.24, 2.45) is 0 Å². The molecule has 0 saturated heterocycles. The van der Waals surface area contributed by atoms with Crippen LogP contribution in [0.25, 0.3) is 0 Å². The SMILES string of the molecule is [SiH3][Si]([SiH3])([SiH3])[SiH2][Si]([SiH3])([SiH3])[SiH2][Si]([SiH3])([SiH3])[SiH3]. The molecule has 0 aliphatic carbocycles. The molecule has 0 aliphatic rings. The topological polar surface area (TPSA) is 0 Å². The first-order valence-corrected chi connectivity index (χ1v) is 48.7. The van der Waals surface area contributed by atoms with Gasteiger partial charge in [-0.1, -0.05) is 0 Å². The molecule has 0 bridgehead atoms. The standard InChI is InChI=1S/H28Si13/c1-11(2,3)9-13(7,8)10-12(4,5)6/h9-10H2,1-8H3.